The Morgan fingerprint density at radius 1 is 1.41 bits per heavy atom. The predicted octanol–water partition coefficient (Wildman–Crippen LogP) is 3.44. The number of hydrogen-bond acceptors (Lipinski definition) is 2. The Bertz CT molecular complexity index is 378. The van der Waals surface area contributed by atoms with Gasteiger partial charge in [-0.05, 0) is 50.9 Å². The first-order chi connectivity index (χ1) is 8.22. The molecule has 0 amide bonds. The first-order valence-corrected chi connectivity index (χ1v) is 6.80. The third-order valence-electron chi connectivity index (χ3n) is 3.54. The Labute approximate surface area is 109 Å². The van der Waals surface area contributed by atoms with Crippen molar-refractivity contribution in [3.63, 3.8) is 0 Å². The third kappa shape index (κ3) is 2.93. The van der Waals surface area contributed by atoms with Gasteiger partial charge in [0.15, 0.2) is 0 Å². The molecule has 2 rings (SSSR count). The molecule has 1 atom stereocenters. The maximum atomic E-state index is 6.31. The van der Waals surface area contributed by atoms with Gasteiger partial charge >= 0.3 is 0 Å². The molecule has 1 aliphatic heterocycles. The summed E-state index contributed by atoms with van der Waals surface area (Å²) in [6.07, 6.45) is 3.93. The minimum atomic E-state index is 0.634. The fraction of sp³-hybridized carbons (Fsp3) is 0.571. The normalized spacial score (nSPS) is 20.6. The maximum absolute atomic E-state index is 6.31. The lowest BCUT2D eigenvalue weighted by Crippen LogP contribution is -2.37. The van der Waals surface area contributed by atoms with E-state index in [0.29, 0.717) is 6.04 Å². The first-order valence-electron chi connectivity index (χ1n) is 6.42. The molecule has 1 unspecified atom stereocenters. The average Bonchev–Trinajstić information content (AvgIpc) is 2.33. The lowest BCUT2D eigenvalue weighted by Gasteiger charge is -2.35. The van der Waals surface area contributed by atoms with Crippen LogP contribution in [0.5, 0.6) is 0 Å². The van der Waals surface area contributed by atoms with Gasteiger partial charge in [0.1, 0.15) is 0 Å². The molecule has 0 aliphatic carbocycles. The summed E-state index contributed by atoms with van der Waals surface area (Å²) in [4.78, 5) is 2.47. The lowest BCUT2D eigenvalue weighted by atomic mass is 10.0. The van der Waals surface area contributed by atoms with Gasteiger partial charge < -0.3 is 10.2 Å². The van der Waals surface area contributed by atoms with Crippen molar-refractivity contribution in [2.75, 3.05) is 18.5 Å². The molecule has 1 N–H and O–H groups in total. The van der Waals surface area contributed by atoms with Crippen molar-refractivity contribution in [3.8, 4) is 0 Å². The monoisotopic (exact) mass is 252 g/mol. The molecular formula is C14H21ClN2. The van der Waals surface area contributed by atoms with Crippen molar-refractivity contribution in [2.24, 2.45) is 0 Å². The largest absolute Gasteiger partial charge is 0.369 e. The fourth-order valence-corrected chi connectivity index (χ4v) is 2.77. The zero-order valence-electron chi connectivity index (χ0n) is 10.7. The van der Waals surface area contributed by atoms with Crippen LogP contribution in [0.3, 0.4) is 0 Å². The van der Waals surface area contributed by atoms with Gasteiger partial charge in [0.2, 0.25) is 0 Å². The van der Waals surface area contributed by atoms with Gasteiger partial charge in [-0.25, -0.2) is 0 Å². The van der Waals surface area contributed by atoms with Crippen LogP contribution in [-0.4, -0.2) is 19.6 Å². The highest BCUT2D eigenvalue weighted by Gasteiger charge is 2.18. The van der Waals surface area contributed by atoms with E-state index in [4.69, 9.17) is 11.6 Å². The number of halogens is 1. The van der Waals surface area contributed by atoms with E-state index >= 15 is 0 Å². The first kappa shape index (κ1) is 12.7. The molecule has 1 aromatic carbocycles. The molecule has 1 aliphatic rings. The Balaban J connectivity index is 2.18. The summed E-state index contributed by atoms with van der Waals surface area (Å²) in [5.74, 6) is 0. The molecule has 0 radical (unpaired) electrons. The Hall–Kier alpha value is -0.730. The highest BCUT2D eigenvalue weighted by Crippen LogP contribution is 2.28. The van der Waals surface area contributed by atoms with E-state index in [2.05, 4.69) is 35.3 Å². The zero-order chi connectivity index (χ0) is 12.3. The number of anilines is 1. The molecule has 17 heavy (non-hydrogen) atoms. The van der Waals surface area contributed by atoms with Crippen molar-refractivity contribution in [1.29, 1.82) is 0 Å². The standard InChI is InChI=1S/C14H21ClN2/c1-11-5-3-4-8-17(11)13-7-6-12(10-16-2)14(15)9-13/h6-7,9,11,16H,3-5,8,10H2,1-2H3. The van der Waals surface area contributed by atoms with Gasteiger partial charge in [-0.15, -0.1) is 0 Å². The van der Waals surface area contributed by atoms with E-state index in [0.717, 1.165) is 18.1 Å². The molecular weight excluding hydrogens is 232 g/mol. The van der Waals surface area contributed by atoms with Crippen molar-refractivity contribution in [2.45, 2.75) is 38.8 Å². The van der Waals surface area contributed by atoms with Crippen LogP contribution in [0.25, 0.3) is 0 Å². The van der Waals surface area contributed by atoms with E-state index < -0.39 is 0 Å². The summed E-state index contributed by atoms with van der Waals surface area (Å²) in [7, 11) is 1.94. The summed E-state index contributed by atoms with van der Waals surface area (Å²) in [6, 6.07) is 7.07. The topological polar surface area (TPSA) is 15.3 Å². The van der Waals surface area contributed by atoms with Crippen molar-refractivity contribution >= 4 is 17.3 Å². The molecule has 0 saturated carbocycles. The zero-order valence-corrected chi connectivity index (χ0v) is 11.4. The maximum Gasteiger partial charge on any atom is 0.0471 e. The molecule has 2 nitrogen and oxygen atoms in total. The Morgan fingerprint density at radius 3 is 2.88 bits per heavy atom. The molecule has 1 saturated heterocycles. The van der Waals surface area contributed by atoms with Crippen molar-refractivity contribution in [3.05, 3.63) is 28.8 Å². The van der Waals surface area contributed by atoms with Crippen LogP contribution in [-0.2, 0) is 6.54 Å². The van der Waals surface area contributed by atoms with Crippen molar-refractivity contribution < 1.29 is 0 Å². The van der Waals surface area contributed by atoms with Gasteiger partial charge in [0, 0.05) is 29.8 Å². The second-order valence-electron chi connectivity index (χ2n) is 4.84. The molecule has 1 heterocycles. The van der Waals surface area contributed by atoms with E-state index in [1.807, 2.05) is 7.05 Å². The van der Waals surface area contributed by atoms with Crippen LogP contribution < -0.4 is 10.2 Å². The molecule has 0 aromatic heterocycles. The van der Waals surface area contributed by atoms with Gasteiger partial charge in [-0.2, -0.15) is 0 Å². The summed E-state index contributed by atoms with van der Waals surface area (Å²) < 4.78 is 0. The summed E-state index contributed by atoms with van der Waals surface area (Å²) in [5, 5.41) is 4.00. The molecule has 3 heteroatoms. The summed E-state index contributed by atoms with van der Waals surface area (Å²) >= 11 is 6.31. The van der Waals surface area contributed by atoms with Crippen LogP contribution in [0.15, 0.2) is 18.2 Å². The molecule has 0 bridgehead atoms. The van der Waals surface area contributed by atoms with Gasteiger partial charge in [0.25, 0.3) is 0 Å². The molecule has 0 spiro atoms. The SMILES string of the molecule is CNCc1ccc(N2CCCCC2C)cc1Cl. The van der Waals surface area contributed by atoms with Gasteiger partial charge in [-0.1, -0.05) is 17.7 Å². The molecule has 1 fully saturated rings. The number of benzene rings is 1. The smallest absolute Gasteiger partial charge is 0.0471 e. The Morgan fingerprint density at radius 2 is 2.24 bits per heavy atom. The Kier molecular flexibility index (Phi) is 4.30. The summed E-state index contributed by atoms with van der Waals surface area (Å²) in [6.45, 7) is 4.28. The fourth-order valence-electron chi connectivity index (χ4n) is 2.53. The van der Waals surface area contributed by atoms with Crippen LogP contribution in [0.2, 0.25) is 5.02 Å². The van der Waals surface area contributed by atoms with Crippen molar-refractivity contribution in [1.82, 2.24) is 5.32 Å². The van der Waals surface area contributed by atoms with Crippen LogP contribution >= 0.6 is 11.6 Å². The van der Waals surface area contributed by atoms with Gasteiger partial charge in [-0.3, -0.25) is 0 Å². The van der Waals surface area contributed by atoms with Gasteiger partial charge in [0.05, 0.1) is 0 Å². The van der Waals surface area contributed by atoms with Crippen LogP contribution in [0.4, 0.5) is 5.69 Å². The van der Waals surface area contributed by atoms with Crippen LogP contribution in [0, 0.1) is 0 Å². The molecule has 1 aromatic rings. The second kappa shape index (κ2) is 5.74. The number of nitrogens with zero attached hydrogens (tertiary/aromatic N) is 1. The van der Waals surface area contributed by atoms with E-state index in [1.54, 1.807) is 0 Å². The summed E-state index contributed by atoms with van der Waals surface area (Å²) in [5.41, 5.74) is 2.43. The number of rotatable bonds is 3. The van der Waals surface area contributed by atoms with E-state index in [1.165, 1.54) is 30.5 Å². The highest BCUT2D eigenvalue weighted by atomic mass is 35.5. The lowest BCUT2D eigenvalue weighted by molar-refractivity contribution is 0.485. The third-order valence-corrected chi connectivity index (χ3v) is 3.89. The minimum Gasteiger partial charge on any atom is -0.369 e. The number of hydrogen-bond donors (Lipinski definition) is 1. The predicted molar refractivity (Wildman–Crippen MR) is 74.9 cm³/mol. The quantitative estimate of drug-likeness (QED) is 0.887. The molecule has 94 valence electrons. The average molecular weight is 253 g/mol. The van der Waals surface area contributed by atoms with E-state index in [-0.39, 0.29) is 0 Å². The highest BCUT2D eigenvalue weighted by molar-refractivity contribution is 6.31. The number of nitrogens with one attached hydrogen (secondary N) is 1. The van der Waals surface area contributed by atoms with E-state index in [9.17, 15) is 0 Å². The van der Waals surface area contributed by atoms with Crippen LogP contribution in [0.1, 0.15) is 31.7 Å². The minimum absolute atomic E-state index is 0.634. The number of piperidine rings is 1. The second-order valence-corrected chi connectivity index (χ2v) is 5.25.